The van der Waals surface area contributed by atoms with Crippen molar-refractivity contribution in [1.82, 2.24) is 15.2 Å². The van der Waals surface area contributed by atoms with E-state index in [1.165, 1.54) is 0 Å². The van der Waals surface area contributed by atoms with Gasteiger partial charge in [0, 0.05) is 48.3 Å². The van der Waals surface area contributed by atoms with Crippen LogP contribution in [0, 0.1) is 6.92 Å². The highest BCUT2D eigenvalue weighted by Crippen LogP contribution is 2.40. The molecule has 3 heterocycles. The lowest BCUT2D eigenvalue weighted by Crippen LogP contribution is -2.55. The van der Waals surface area contributed by atoms with Crippen molar-refractivity contribution < 1.29 is 9.59 Å². The first kappa shape index (κ1) is 21.2. The molecule has 2 aliphatic rings. The van der Waals surface area contributed by atoms with Gasteiger partial charge < -0.3 is 20.5 Å². The van der Waals surface area contributed by atoms with E-state index in [-0.39, 0.29) is 23.9 Å². The van der Waals surface area contributed by atoms with Gasteiger partial charge in [0.2, 0.25) is 0 Å². The maximum Gasteiger partial charge on any atom is 0.256 e. The number of benzene rings is 2. The molecule has 6 heteroatoms. The van der Waals surface area contributed by atoms with Gasteiger partial charge >= 0.3 is 0 Å². The Morgan fingerprint density at radius 3 is 2.48 bits per heavy atom. The molecule has 0 radical (unpaired) electrons. The minimum absolute atomic E-state index is 0.0230. The fourth-order valence-corrected chi connectivity index (χ4v) is 4.94. The molecule has 5 rings (SSSR count). The van der Waals surface area contributed by atoms with E-state index >= 15 is 0 Å². The molecule has 2 amide bonds. The number of aromatic nitrogens is 1. The lowest BCUT2D eigenvalue weighted by molar-refractivity contribution is -0.110. The summed E-state index contributed by atoms with van der Waals surface area (Å²) in [5.41, 5.74) is 6.62. The van der Waals surface area contributed by atoms with E-state index in [0.717, 1.165) is 33.6 Å². The number of piperazine rings is 1. The number of amides is 2. The van der Waals surface area contributed by atoms with E-state index in [1.807, 2.05) is 66.4 Å². The second kappa shape index (κ2) is 8.37. The summed E-state index contributed by atoms with van der Waals surface area (Å²) in [6.45, 7) is 7.48. The molecule has 0 bridgehead atoms. The van der Waals surface area contributed by atoms with Crippen LogP contribution in [-0.4, -0.2) is 46.9 Å². The molecule has 6 nitrogen and oxygen atoms in total. The van der Waals surface area contributed by atoms with Crippen LogP contribution < -0.4 is 10.6 Å². The molecular formula is C27H28N4O2. The monoisotopic (exact) mass is 440 g/mol. The molecule has 0 aliphatic carbocycles. The fraction of sp³-hybridized carbons (Fsp3) is 0.259. The van der Waals surface area contributed by atoms with Crippen molar-refractivity contribution in [1.29, 1.82) is 0 Å². The summed E-state index contributed by atoms with van der Waals surface area (Å²) in [7, 11) is 0. The number of rotatable bonds is 3. The van der Waals surface area contributed by atoms with Crippen LogP contribution in [0.2, 0.25) is 0 Å². The van der Waals surface area contributed by atoms with Crippen molar-refractivity contribution in [2.75, 3.05) is 18.4 Å². The highest BCUT2D eigenvalue weighted by Gasteiger charge is 2.30. The summed E-state index contributed by atoms with van der Waals surface area (Å²) in [5, 5.41) is 6.45. The van der Waals surface area contributed by atoms with E-state index in [1.54, 1.807) is 6.20 Å². The zero-order chi connectivity index (χ0) is 23.1. The molecule has 33 heavy (non-hydrogen) atoms. The first-order valence-corrected chi connectivity index (χ1v) is 11.4. The third-order valence-electron chi connectivity index (χ3n) is 6.46. The largest absolute Gasteiger partial charge is 0.361 e. The van der Waals surface area contributed by atoms with Gasteiger partial charge in [0.15, 0.2) is 0 Å². The number of aromatic amines is 1. The molecule has 1 fully saturated rings. The van der Waals surface area contributed by atoms with Gasteiger partial charge in [-0.15, -0.1) is 0 Å². The van der Waals surface area contributed by atoms with E-state index in [9.17, 15) is 9.59 Å². The quantitative estimate of drug-likeness (QED) is 0.532. The van der Waals surface area contributed by atoms with Crippen LogP contribution in [0.4, 0.5) is 5.69 Å². The van der Waals surface area contributed by atoms with E-state index < -0.39 is 0 Å². The van der Waals surface area contributed by atoms with E-state index in [2.05, 4.69) is 29.5 Å². The summed E-state index contributed by atoms with van der Waals surface area (Å²) in [5.74, 6) is -0.116. The maximum absolute atomic E-state index is 13.2. The number of fused-ring (bicyclic) bond motifs is 1. The number of nitrogens with one attached hydrogen (secondary N) is 3. The molecule has 2 atom stereocenters. The molecule has 0 saturated carbocycles. The van der Waals surface area contributed by atoms with E-state index in [0.29, 0.717) is 24.2 Å². The summed E-state index contributed by atoms with van der Waals surface area (Å²) in [4.78, 5) is 31.3. The van der Waals surface area contributed by atoms with Crippen LogP contribution in [0.1, 0.15) is 41.0 Å². The number of hydrogen-bond acceptors (Lipinski definition) is 3. The van der Waals surface area contributed by atoms with Crippen LogP contribution in [0.25, 0.3) is 22.8 Å². The van der Waals surface area contributed by atoms with E-state index in [4.69, 9.17) is 0 Å². The predicted molar refractivity (Wildman–Crippen MR) is 132 cm³/mol. The molecular weight excluding hydrogens is 412 g/mol. The summed E-state index contributed by atoms with van der Waals surface area (Å²) in [6.07, 6.45) is 3.63. The molecule has 1 saturated heterocycles. The van der Waals surface area contributed by atoms with Crippen LogP contribution in [0.5, 0.6) is 0 Å². The Morgan fingerprint density at radius 1 is 1.03 bits per heavy atom. The first-order valence-electron chi connectivity index (χ1n) is 11.4. The second-order valence-corrected chi connectivity index (χ2v) is 9.03. The molecule has 1 aromatic heterocycles. The number of carbonyl (C=O) groups is 2. The number of H-pyrrole nitrogens is 1. The molecule has 0 spiro atoms. The number of anilines is 1. The van der Waals surface area contributed by atoms with Gasteiger partial charge in [0.25, 0.3) is 11.8 Å². The molecule has 0 unspecified atom stereocenters. The number of carbonyl (C=O) groups excluding carboxylic acids is 2. The van der Waals surface area contributed by atoms with Gasteiger partial charge in [-0.2, -0.15) is 0 Å². The highest BCUT2D eigenvalue weighted by molar-refractivity contribution is 6.36. The van der Waals surface area contributed by atoms with Crippen molar-refractivity contribution in [3.05, 3.63) is 77.1 Å². The van der Waals surface area contributed by atoms with Gasteiger partial charge in [0.1, 0.15) is 0 Å². The Morgan fingerprint density at radius 2 is 1.76 bits per heavy atom. The molecule has 3 N–H and O–H groups in total. The fourth-order valence-electron chi connectivity index (χ4n) is 4.94. The smallest absolute Gasteiger partial charge is 0.256 e. The van der Waals surface area contributed by atoms with Crippen LogP contribution in [0.15, 0.2) is 54.7 Å². The van der Waals surface area contributed by atoms with Crippen LogP contribution in [-0.2, 0) is 4.79 Å². The third-order valence-corrected chi connectivity index (χ3v) is 6.46. The van der Waals surface area contributed by atoms with Crippen molar-refractivity contribution in [2.45, 2.75) is 32.9 Å². The normalized spacial score (nSPS) is 21.2. The van der Waals surface area contributed by atoms with Gasteiger partial charge in [-0.1, -0.05) is 42.5 Å². The predicted octanol–water partition coefficient (Wildman–Crippen LogP) is 4.31. The molecule has 168 valence electrons. The van der Waals surface area contributed by atoms with Gasteiger partial charge in [0.05, 0.1) is 11.1 Å². The summed E-state index contributed by atoms with van der Waals surface area (Å²) in [6, 6.07) is 16.5. The van der Waals surface area contributed by atoms with Gasteiger partial charge in [-0.05, 0) is 49.6 Å². The molecule has 2 aromatic carbocycles. The zero-order valence-corrected chi connectivity index (χ0v) is 19.1. The van der Waals surface area contributed by atoms with Crippen LogP contribution >= 0.6 is 0 Å². The van der Waals surface area contributed by atoms with Crippen molar-refractivity contribution in [3.63, 3.8) is 0 Å². The van der Waals surface area contributed by atoms with Crippen molar-refractivity contribution >= 4 is 29.2 Å². The molecule has 3 aromatic rings. The Labute approximate surface area is 193 Å². The minimum atomic E-state index is -0.139. The first-order chi connectivity index (χ1) is 15.9. The highest BCUT2D eigenvalue weighted by atomic mass is 16.2. The van der Waals surface area contributed by atoms with Crippen molar-refractivity contribution in [3.8, 4) is 11.1 Å². The standard InChI is InChI=1S/C27H28N4O2/c1-16-14-31(15-17(2)29-16)27(33)22-13-28-24(18(22)3)12-21-25-20(19-8-5-4-6-9-19)10-7-11-23(25)30-26(21)32/h4-13,16-17,28-29H,14-15H2,1-3H3,(H,30,32)/b21-12-/t16-,17+. The third kappa shape index (κ3) is 3.87. The Hall–Kier alpha value is -3.64. The van der Waals surface area contributed by atoms with Gasteiger partial charge in [-0.3, -0.25) is 9.59 Å². The maximum atomic E-state index is 13.2. The Bertz CT molecular complexity index is 1250. The second-order valence-electron chi connectivity index (χ2n) is 9.03. The Kier molecular flexibility index (Phi) is 5.38. The zero-order valence-electron chi connectivity index (χ0n) is 19.1. The topological polar surface area (TPSA) is 77.2 Å². The number of nitrogens with zero attached hydrogens (tertiary/aromatic N) is 1. The lowest BCUT2D eigenvalue weighted by Gasteiger charge is -2.36. The average molecular weight is 441 g/mol. The molecule has 2 aliphatic heterocycles. The Balaban J connectivity index is 1.52. The van der Waals surface area contributed by atoms with Crippen LogP contribution in [0.3, 0.4) is 0 Å². The lowest BCUT2D eigenvalue weighted by atomic mass is 9.94. The average Bonchev–Trinajstić information content (AvgIpc) is 3.32. The summed E-state index contributed by atoms with van der Waals surface area (Å²) < 4.78 is 0. The number of hydrogen-bond donors (Lipinski definition) is 3. The van der Waals surface area contributed by atoms with Crippen molar-refractivity contribution in [2.24, 2.45) is 0 Å². The SMILES string of the molecule is Cc1c(C(=O)N2C[C@@H](C)N[C@@H](C)C2)c[nH]c1/C=C1\C(=O)Nc2cccc(-c3ccccc3)c21. The summed E-state index contributed by atoms with van der Waals surface area (Å²) >= 11 is 0. The minimum Gasteiger partial charge on any atom is -0.361 e. The van der Waals surface area contributed by atoms with Gasteiger partial charge in [-0.25, -0.2) is 0 Å².